The predicted molar refractivity (Wildman–Crippen MR) is 110 cm³/mol. The molecule has 4 rings (SSSR count). The fourth-order valence-corrected chi connectivity index (χ4v) is 3.93. The molecular weight excluding hydrogens is 372 g/mol. The highest BCUT2D eigenvalue weighted by Gasteiger charge is 2.26. The number of nitrogens with zero attached hydrogens (tertiary/aromatic N) is 4. The highest BCUT2D eigenvalue weighted by molar-refractivity contribution is 6.31. The van der Waals surface area contributed by atoms with E-state index in [1.54, 1.807) is 16.9 Å². The molecule has 1 aliphatic rings. The first-order valence-electron chi connectivity index (χ1n) is 9.58. The minimum Gasteiger partial charge on any atom is -0.337 e. The average molecular weight is 395 g/mol. The maximum atomic E-state index is 12.6. The minimum absolute atomic E-state index is 0.0134. The van der Waals surface area contributed by atoms with E-state index in [0.717, 1.165) is 54.3 Å². The molecule has 0 atom stereocenters. The Morgan fingerprint density at radius 1 is 1.11 bits per heavy atom. The number of pyridine rings is 1. The first-order valence-corrected chi connectivity index (χ1v) is 9.96. The number of likely N-dealkylation sites (tertiary alicyclic amines) is 1. The van der Waals surface area contributed by atoms with Gasteiger partial charge in [0.1, 0.15) is 5.69 Å². The second kappa shape index (κ2) is 8.15. The van der Waals surface area contributed by atoms with E-state index in [0.29, 0.717) is 11.6 Å². The first-order chi connectivity index (χ1) is 13.6. The topological polar surface area (TPSA) is 51.0 Å². The van der Waals surface area contributed by atoms with Gasteiger partial charge in [0.2, 0.25) is 0 Å². The number of rotatable bonds is 4. The lowest BCUT2D eigenvalue weighted by Gasteiger charge is -2.31. The summed E-state index contributed by atoms with van der Waals surface area (Å²) in [5.41, 5.74) is 3.73. The van der Waals surface area contributed by atoms with Crippen LogP contribution < -0.4 is 0 Å². The van der Waals surface area contributed by atoms with Gasteiger partial charge in [0.15, 0.2) is 0 Å². The van der Waals surface area contributed by atoms with E-state index < -0.39 is 0 Å². The lowest BCUT2D eigenvalue weighted by Crippen LogP contribution is -2.38. The van der Waals surface area contributed by atoms with Gasteiger partial charge in [-0.15, -0.1) is 0 Å². The van der Waals surface area contributed by atoms with Crippen molar-refractivity contribution in [2.75, 3.05) is 13.1 Å². The Bertz CT molecular complexity index is 976. The fraction of sp³-hybridized carbons (Fsp3) is 0.318. The molecule has 6 heteroatoms. The number of hydrogen-bond donors (Lipinski definition) is 0. The third-order valence-corrected chi connectivity index (χ3v) is 5.66. The van der Waals surface area contributed by atoms with Crippen molar-refractivity contribution >= 4 is 17.5 Å². The van der Waals surface area contributed by atoms with Gasteiger partial charge in [0.25, 0.3) is 5.91 Å². The van der Waals surface area contributed by atoms with Crippen molar-refractivity contribution in [2.24, 2.45) is 7.05 Å². The molecule has 0 aliphatic carbocycles. The highest BCUT2D eigenvalue weighted by Crippen LogP contribution is 2.28. The number of hydrogen-bond acceptors (Lipinski definition) is 3. The van der Waals surface area contributed by atoms with Crippen LogP contribution in [0.2, 0.25) is 5.02 Å². The summed E-state index contributed by atoms with van der Waals surface area (Å²) in [6.45, 7) is 1.47. The van der Waals surface area contributed by atoms with Gasteiger partial charge >= 0.3 is 0 Å². The van der Waals surface area contributed by atoms with Crippen LogP contribution >= 0.6 is 11.6 Å². The molecule has 0 saturated carbocycles. The molecule has 1 saturated heterocycles. The van der Waals surface area contributed by atoms with Crippen LogP contribution in [0, 0.1) is 0 Å². The van der Waals surface area contributed by atoms with Crippen LogP contribution in [0.1, 0.15) is 46.2 Å². The summed E-state index contributed by atoms with van der Waals surface area (Å²) in [6, 6.07) is 15.9. The smallest absolute Gasteiger partial charge is 0.274 e. The average Bonchev–Trinajstić information content (AvgIpc) is 3.16. The SMILES string of the molecule is Cn1ccc(C(=O)N2CCC(c3cccc(Cc4ccccc4Cl)n3)CC2)n1. The Hall–Kier alpha value is -2.66. The Kier molecular flexibility index (Phi) is 5.44. The molecule has 3 aromatic rings. The first kappa shape index (κ1) is 18.7. The minimum atomic E-state index is 0.0134. The summed E-state index contributed by atoms with van der Waals surface area (Å²) < 4.78 is 1.66. The summed E-state index contributed by atoms with van der Waals surface area (Å²) in [7, 11) is 1.82. The molecule has 1 fully saturated rings. The van der Waals surface area contributed by atoms with Crippen molar-refractivity contribution in [1.82, 2.24) is 19.7 Å². The molecule has 144 valence electrons. The van der Waals surface area contributed by atoms with E-state index >= 15 is 0 Å². The Morgan fingerprint density at radius 2 is 1.89 bits per heavy atom. The van der Waals surface area contributed by atoms with Gasteiger partial charge in [-0.05, 0) is 42.7 Å². The monoisotopic (exact) mass is 394 g/mol. The van der Waals surface area contributed by atoms with E-state index in [4.69, 9.17) is 16.6 Å². The highest BCUT2D eigenvalue weighted by atomic mass is 35.5. The van der Waals surface area contributed by atoms with Crippen molar-refractivity contribution in [3.8, 4) is 0 Å². The molecule has 28 heavy (non-hydrogen) atoms. The number of halogens is 1. The largest absolute Gasteiger partial charge is 0.337 e. The zero-order valence-electron chi connectivity index (χ0n) is 15.9. The van der Waals surface area contributed by atoms with Gasteiger partial charge in [-0.2, -0.15) is 5.10 Å². The normalized spacial score (nSPS) is 15.0. The number of carbonyl (C=O) groups is 1. The van der Waals surface area contributed by atoms with Gasteiger partial charge in [-0.3, -0.25) is 14.5 Å². The molecule has 1 aromatic carbocycles. The van der Waals surface area contributed by atoms with E-state index in [9.17, 15) is 4.79 Å². The number of benzene rings is 1. The number of aromatic nitrogens is 3. The number of amides is 1. The number of aryl methyl sites for hydroxylation is 1. The van der Waals surface area contributed by atoms with Crippen LogP contribution in [0.15, 0.2) is 54.7 Å². The summed E-state index contributed by atoms with van der Waals surface area (Å²) in [5.74, 6) is 0.387. The molecule has 5 nitrogen and oxygen atoms in total. The van der Waals surface area contributed by atoms with Gasteiger partial charge < -0.3 is 4.90 Å². The molecule has 0 bridgehead atoms. The van der Waals surface area contributed by atoms with E-state index in [-0.39, 0.29) is 5.91 Å². The maximum absolute atomic E-state index is 12.6. The molecule has 3 heterocycles. The van der Waals surface area contributed by atoms with Crippen molar-refractivity contribution in [3.63, 3.8) is 0 Å². The molecule has 2 aromatic heterocycles. The predicted octanol–water partition coefficient (Wildman–Crippen LogP) is 4.08. The lowest BCUT2D eigenvalue weighted by atomic mass is 9.92. The second-order valence-electron chi connectivity index (χ2n) is 7.26. The molecule has 0 unspecified atom stereocenters. The molecule has 0 N–H and O–H groups in total. The standard InChI is InChI=1S/C22H23ClN4O/c1-26-12-11-21(25-26)22(28)27-13-9-16(10-14-27)20-8-4-6-18(24-20)15-17-5-2-3-7-19(17)23/h2-8,11-12,16H,9-10,13-15H2,1H3. The number of piperidine rings is 1. The summed E-state index contributed by atoms with van der Waals surface area (Å²) in [4.78, 5) is 19.3. The maximum Gasteiger partial charge on any atom is 0.274 e. The molecule has 0 radical (unpaired) electrons. The van der Waals surface area contributed by atoms with Crippen LogP contribution in [-0.4, -0.2) is 38.7 Å². The third kappa shape index (κ3) is 4.09. The summed E-state index contributed by atoms with van der Waals surface area (Å²) >= 11 is 6.29. The van der Waals surface area contributed by atoms with Crippen LogP contribution in [-0.2, 0) is 13.5 Å². The molecule has 1 amide bonds. The van der Waals surface area contributed by atoms with Crippen molar-refractivity contribution < 1.29 is 4.79 Å². The Labute approximate surface area is 170 Å². The van der Waals surface area contributed by atoms with Crippen LogP contribution in [0.4, 0.5) is 0 Å². The molecular formula is C22H23ClN4O. The third-order valence-electron chi connectivity index (χ3n) is 5.29. The summed E-state index contributed by atoms with van der Waals surface area (Å²) in [5, 5.41) is 5.00. The van der Waals surface area contributed by atoms with Gasteiger partial charge in [-0.1, -0.05) is 35.9 Å². The van der Waals surface area contributed by atoms with E-state index in [1.807, 2.05) is 42.3 Å². The Morgan fingerprint density at radius 3 is 2.61 bits per heavy atom. The van der Waals surface area contributed by atoms with Gasteiger partial charge in [0.05, 0.1) is 0 Å². The van der Waals surface area contributed by atoms with Crippen molar-refractivity contribution in [3.05, 3.63) is 82.4 Å². The number of carbonyl (C=O) groups excluding carboxylic acids is 1. The van der Waals surface area contributed by atoms with Crippen molar-refractivity contribution in [2.45, 2.75) is 25.2 Å². The zero-order valence-corrected chi connectivity index (χ0v) is 16.6. The Balaban J connectivity index is 1.41. The molecule has 1 aliphatic heterocycles. The van der Waals surface area contributed by atoms with E-state index in [2.05, 4.69) is 17.2 Å². The van der Waals surface area contributed by atoms with E-state index in [1.165, 1.54) is 0 Å². The van der Waals surface area contributed by atoms with Crippen LogP contribution in [0.5, 0.6) is 0 Å². The molecule has 0 spiro atoms. The zero-order chi connectivity index (χ0) is 19.5. The van der Waals surface area contributed by atoms with Gasteiger partial charge in [0, 0.05) is 55.1 Å². The second-order valence-corrected chi connectivity index (χ2v) is 7.67. The fourth-order valence-electron chi connectivity index (χ4n) is 3.73. The summed E-state index contributed by atoms with van der Waals surface area (Å²) in [6.07, 6.45) is 4.36. The van der Waals surface area contributed by atoms with Crippen LogP contribution in [0.3, 0.4) is 0 Å². The van der Waals surface area contributed by atoms with Gasteiger partial charge in [-0.25, -0.2) is 0 Å². The van der Waals surface area contributed by atoms with Crippen molar-refractivity contribution in [1.29, 1.82) is 0 Å². The quantitative estimate of drug-likeness (QED) is 0.670. The van der Waals surface area contributed by atoms with Crippen LogP contribution in [0.25, 0.3) is 0 Å². The lowest BCUT2D eigenvalue weighted by molar-refractivity contribution is 0.0705.